The number of carbonyl (C=O) groups excluding carboxylic acids is 1. The van der Waals surface area contributed by atoms with Gasteiger partial charge in [0.15, 0.2) is 0 Å². The molecule has 6 heteroatoms. The van der Waals surface area contributed by atoms with Gasteiger partial charge in [-0.05, 0) is 39.0 Å². The van der Waals surface area contributed by atoms with Crippen molar-refractivity contribution >= 4 is 11.8 Å². The Bertz CT molecular complexity index is 556. The first-order valence-electron chi connectivity index (χ1n) is 6.54. The van der Waals surface area contributed by atoms with Crippen LogP contribution in [0, 0.1) is 17.7 Å². The highest BCUT2D eigenvalue weighted by Crippen LogP contribution is 2.13. The number of ether oxygens (including phenoxy) is 1. The number of anilines is 1. The summed E-state index contributed by atoms with van der Waals surface area (Å²) in [6.07, 6.45) is -0.0358. The van der Waals surface area contributed by atoms with Crippen LogP contribution >= 0.6 is 0 Å². The number of halogens is 1. The Kier molecular flexibility index (Phi) is 6.00. The molecule has 0 aromatic heterocycles. The highest BCUT2D eigenvalue weighted by molar-refractivity contribution is 5.67. The molecule has 4 N–H and O–H groups in total. The second-order valence-corrected chi connectivity index (χ2v) is 5.32. The van der Waals surface area contributed by atoms with Crippen molar-refractivity contribution < 1.29 is 13.9 Å². The number of nitrogens with two attached hydrogens (primary N) is 1. The molecule has 0 bridgehead atoms. The van der Waals surface area contributed by atoms with E-state index >= 15 is 0 Å². The number of hydrazine groups is 1. The molecular weight excluding hydrogens is 273 g/mol. The SMILES string of the molecule is CC(C)(C)OC(=O)NCCC#Cc1ccc(NN)c(F)c1. The van der Waals surface area contributed by atoms with E-state index in [1.807, 2.05) is 0 Å². The third kappa shape index (κ3) is 6.63. The maximum absolute atomic E-state index is 13.4. The minimum Gasteiger partial charge on any atom is -0.444 e. The van der Waals surface area contributed by atoms with Crippen molar-refractivity contribution in [1.82, 2.24) is 5.32 Å². The number of benzene rings is 1. The Balaban J connectivity index is 2.40. The number of hydrogen-bond acceptors (Lipinski definition) is 4. The first-order valence-corrected chi connectivity index (χ1v) is 6.54. The number of carbonyl (C=O) groups is 1. The molecule has 0 heterocycles. The van der Waals surface area contributed by atoms with Crippen LogP contribution in [-0.4, -0.2) is 18.2 Å². The van der Waals surface area contributed by atoms with Gasteiger partial charge in [-0.2, -0.15) is 0 Å². The van der Waals surface area contributed by atoms with Gasteiger partial charge in [-0.25, -0.2) is 9.18 Å². The summed E-state index contributed by atoms with van der Waals surface area (Å²) in [5, 5.41) is 2.59. The summed E-state index contributed by atoms with van der Waals surface area (Å²) in [6.45, 7) is 5.75. The molecule has 5 nitrogen and oxygen atoms in total. The van der Waals surface area contributed by atoms with Gasteiger partial charge in [0.1, 0.15) is 11.4 Å². The number of nitrogens with one attached hydrogen (secondary N) is 2. The standard InChI is InChI=1S/C15H20FN3O2/c1-15(2,3)21-14(20)18-9-5-4-6-11-7-8-13(19-17)12(16)10-11/h7-8,10,19H,5,9,17H2,1-3H3,(H,18,20). The normalized spacial score (nSPS) is 10.3. The van der Waals surface area contributed by atoms with Gasteiger partial charge < -0.3 is 15.5 Å². The average molecular weight is 293 g/mol. The Labute approximate surface area is 124 Å². The first kappa shape index (κ1) is 16.8. The fourth-order valence-electron chi connectivity index (χ4n) is 1.42. The summed E-state index contributed by atoms with van der Waals surface area (Å²) in [5.41, 5.74) is 2.48. The number of hydrogen-bond donors (Lipinski definition) is 3. The minimum absolute atomic E-state index is 0.215. The molecule has 0 spiro atoms. The second kappa shape index (κ2) is 7.50. The molecule has 0 aliphatic carbocycles. The Hall–Kier alpha value is -2.26. The van der Waals surface area contributed by atoms with E-state index in [0.717, 1.165) is 0 Å². The third-order valence-electron chi connectivity index (χ3n) is 2.28. The van der Waals surface area contributed by atoms with Crippen LogP contribution < -0.4 is 16.6 Å². The zero-order valence-electron chi connectivity index (χ0n) is 12.4. The van der Waals surface area contributed by atoms with E-state index in [1.165, 1.54) is 12.1 Å². The van der Waals surface area contributed by atoms with E-state index in [1.54, 1.807) is 26.8 Å². The van der Waals surface area contributed by atoms with Crippen LogP contribution in [-0.2, 0) is 4.74 Å². The van der Waals surface area contributed by atoms with Gasteiger partial charge in [0.05, 0.1) is 5.69 Å². The predicted octanol–water partition coefficient (Wildman–Crippen LogP) is 2.38. The molecule has 0 saturated carbocycles. The largest absolute Gasteiger partial charge is 0.444 e. The van der Waals surface area contributed by atoms with Gasteiger partial charge >= 0.3 is 6.09 Å². The van der Waals surface area contributed by atoms with Crippen LogP contribution in [0.25, 0.3) is 0 Å². The molecule has 21 heavy (non-hydrogen) atoms. The molecule has 0 unspecified atom stereocenters. The van der Waals surface area contributed by atoms with Crippen LogP contribution in [0.1, 0.15) is 32.8 Å². The number of amides is 1. The Morgan fingerprint density at radius 2 is 2.14 bits per heavy atom. The third-order valence-corrected chi connectivity index (χ3v) is 2.28. The summed E-state index contributed by atoms with van der Waals surface area (Å²) >= 11 is 0. The molecule has 1 aromatic carbocycles. The molecule has 0 saturated heterocycles. The molecule has 1 rings (SSSR count). The van der Waals surface area contributed by atoms with Gasteiger partial charge in [-0.3, -0.25) is 5.84 Å². The van der Waals surface area contributed by atoms with E-state index in [0.29, 0.717) is 18.5 Å². The van der Waals surface area contributed by atoms with Gasteiger partial charge in [0.25, 0.3) is 0 Å². The number of rotatable bonds is 3. The lowest BCUT2D eigenvalue weighted by molar-refractivity contribution is 0.0529. The quantitative estimate of drug-likeness (QED) is 0.346. The summed E-state index contributed by atoms with van der Waals surface area (Å²) in [7, 11) is 0. The molecule has 0 aliphatic heterocycles. The molecule has 1 amide bonds. The van der Waals surface area contributed by atoms with E-state index in [2.05, 4.69) is 22.6 Å². The number of alkyl carbamates (subject to hydrolysis) is 1. The molecule has 0 fully saturated rings. The predicted molar refractivity (Wildman–Crippen MR) is 79.9 cm³/mol. The van der Waals surface area contributed by atoms with Gasteiger partial charge in [0, 0.05) is 18.5 Å². The van der Waals surface area contributed by atoms with Crippen LogP contribution in [0.2, 0.25) is 0 Å². The maximum Gasteiger partial charge on any atom is 0.407 e. The van der Waals surface area contributed by atoms with Crippen molar-refractivity contribution in [3.05, 3.63) is 29.6 Å². The maximum atomic E-state index is 13.4. The van der Waals surface area contributed by atoms with Crippen molar-refractivity contribution in [2.45, 2.75) is 32.8 Å². The smallest absolute Gasteiger partial charge is 0.407 e. The Morgan fingerprint density at radius 3 is 2.71 bits per heavy atom. The van der Waals surface area contributed by atoms with Gasteiger partial charge in [0.2, 0.25) is 0 Å². The fraction of sp³-hybridized carbons (Fsp3) is 0.400. The molecule has 0 radical (unpaired) electrons. The lowest BCUT2D eigenvalue weighted by Gasteiger charge is -2.19. The van der Waals surface area contributed by atoms with E-state index in [-0.39, 0.29) is 5.69 Å². The van der Waals surface area contributed by atoms with Crippen molar-refractivity contribution in [3.8, 4) is 11.8 Å². The van der Waals surface area contributed by atoms with Crippen molar-refractivity contribution in [2.24, 2.45) is 5.84 Å². The van der Waals surface area contributed by atoms with Crippen LogP contribution in [0.4, 0.5) is 14.9 Å². The highest BCUT2D eigenvalue weighted by atomic mass is 19.1. The first-order chi connectivity index (χ1) is 9.81. The van der Waals surface area contributed by atoms with E-state index in [4.69, 9.17) is 10.6 Å². The van der Waals surface area contributed by atoms with Crippen LogP contribution in [0.5, 0.6) is 0 Å². The lowest BCUT2D eigenvalue weighted by Crippen LogP contribution is -2.32. The molecule has 0 aliphatic rings. The average Bonchev–Trinajstić information content (AvgIpc) is 2.36. The monoisotopic (exact) mass is 293 g/mol. The number of nitrogen functional groups attached to an aromatic ring is 1. The van der Waals surface area contributed by atoms with Crippen LogP contribution in [0.3, 0.4) is 0 Å². The lowest BCUT2D eigenvalue weighted by atomic mass is 10.2. The zero-order valence-corrected chi connectivity index (χ0v) is 12.4. The summed E-state index contributed by atoms with van der Waals surface area (Å²) in [6, 6.07) is 4.47. The minimum atomic E-state index is -0.522. The molecule has 1 aromatic rings. The van der Waals surface area contributed by atoms with Crippen LogP contribution in [0.15, 0.2) is 18.2 Å². The van der Waals surface area contributed by atoms with Crippen molar-refractivity contribution in [2.75, 3.05) is 12.0 Å². The molecule has 114 valence electrons. The highest BCUT2D eigenvalue weighted by Gasteiger charge is 2.15. The van der Waals surface area contributed by atoms with E-state index < -0.39 is 17.5 Å². The van der Waals surface area contributed by atoms with Crippen molar-refractivity contribution in [1.29, 1.82) is 0 Å². The molecular formula is C15H20FN3O2. The van der Waals surface area contributed by atoms with Gasteiger partial charge in [-0.1, -0.05) is 11.8 Å². The fourth-order valence-corrected chi connectivity index (χ4v) is 1.42. The zero-order chi connectivity index (χ0) is 15.9. The van der Waals surface area contributed by atoms with E-state index in [9.17, 15) is 9.18 Å². The molecule has 0 atom stereocenters. The summed E-state index contributed by atoms with van der Waals surface area (Å²) < 4.78 is 18.5. The topological polar surface area (TPSA) is 76.4 Å². The summed E-state index contributed by atoms with van der Waals surface area (Å²) in [5.74, 6) is 10.3. The Morgan fingerprint density at radius 1 is 1.43 bits per heavy atom. The summed E-state index contributed by atoms with van der Waals surface area (Å²) in [4.78, 5) is 11.4. The van der Waals surface area contributed by atoms with Crippen molar-refractivity contribution in [3.63, 3.8) is 0 Å². The van der Waals surface area contributed by atoms with Gasteiger partial charge in [-0.15, -0.1) is 0 Å². The second-order valence-electron chi connectivity index (χ2n) is 5.32.